The van der Waals surface area contributed by atoms with E-state index in [0.717, 1.165) is 39.1 Å². The van der Waals surface area contributed by atoms with Gasteiger partial charge in [-0.1, -0.05) is 37.3 Å². The van der Waals surface area contributed by atoms with E-state index in [2.05, 4.69) is 41.4 Å². The molecule has 124 valence electrons. The van der Waals surface area contributed by atoms with Crippen LogP contribution in [0.2, 0.25) is 0 Å². The Morgan fingerprint density at radius 2 is 1.78 bits per heavy atom. The maximum atomic E-state index is 12.2. The van der Waals surface area contributed by atoms with Crippen LogP contribution in [-0.4, -0.2) is 54.3 Å². The van der Waals surface area contributed by atoms with Crippen LogP contribution in [0.15, 0.2) is 30.3 Å². The fourth-order valence-corrected chi connectivity index (χ4v) is 3.09. The lowest BCUT2D eigenvalue weighted by Gasteiger charge is -2.34. The molecule has 2 atom stereocenters. The van der Waals surface area contributed by atoms with Crippen LogP contribution in [0.4, 0.5) is 0 Å². The van der Waals surface area contributed by atoms with Gasteiger partial charge in [0.25, 0.3) is 0 Å². The molecule has 2 aliphatic rings. The second-order valence-electron chi connectivity index (χ2n) is 6.68. The smallest absolute Gasteiger partial charge is 0.242 e. The maximum Gasteiger partial charge on any atom is 0.242 e. The van der Waals surface area contributed by atoms with E-state index in [4.69, 9.17) is 0 Å². The van der Waals surface area contributed by atoms with E-state index in [1.165, 1.54) is 5.56 Å². The van der Waals surface area contributed by atoms with Crippen molar-refractivity contribution < 1.29 is 9.59 Å². The monoisotopic (exact) mass is 315 g/mol. The van der Waals surface area contributed by atoms with Crippen LogP contribution in [0.1, 0.15) is 18.9 Å². The highest BCUT2D eigenvalue weighted by Gasteiger charge is 2.39. The Bertz CT molecular complexity index is 553. The summed E-state index contributed by atoms with van der Waals surface area (Å²) in [5.74, 6) is 0.678. The number of hydrogen-bond donors (Lipinski definition) is 1. The molecule has 1 saturated heterocycles. The first kappa shape index (κ1) is 16.0. The Labute approximate surface area is 137 Å². The van der Waals surface area contributed by atoms with Gasteiger partial charge in [0, 0.05) is 38.6 Å². The summed E-state index contributed by atoms with van der Waals surface area (Å²) in [6.45, 7) is 6.38. The quantitative estimate of drug-likeness (QED) is 0.885. The van der Waals surface area contributed by atoms with Gasteiger partial charge in [0.2, 0.25) is 11.8 Å². The third-order valence-corrected chi connectivity index (χ3v) is 4.83. The summed E-state index contributed by atoms with van der Waals surface area (Å²) < 4.78 is 0. The van der Waals surface area contributed by atoms with Gasteiger partial charge in [-0.25, -0.2) is 0 Å². The standard InChI is InChI=1S/C18H25N3O2/c1-14-11-16(14)18(23)19-12-17(22)21-9-7-20(8-10-21)13-15-5-3-2-4-6-15/h2-6,14,16H,7-13H2,1H3,(H,19,23). The first-order valence-corrected chi connectivity index (χ1v) is 8.45. The first-order chi connectivity index (χ1) is 11.1. The Kier molecular flexibility index (Phi) is 4.96. The van der Waals surface area contributed by atoms with Crippen LogP contribution in [0.5, 0.6) is 0 Å². The predicted molar refractivity (Wildman–Crippen MR) is 88.6 cm³/mol. The van der Waals surface area contributed by atoms with Crippen LogP contribution >= 0.6 is 0 Å². The van der Waals surface area contributed by atoms with Crippen LogP contribution in [0, 0.1) is 11.8 Å². The van der Waals surface area contributed by atoms with E-state index in [9.17, 15) is 9.59 Å². The molecule has 1 heterocycles. The Hall–Kier alpha value is -1.88. The average Bonchev–Trinajstić information content (AvgIpc) is 3.31. The SMILES string of the molecule is CC1CC1C(=O)NCC(=O)N1CCN(Cc2ccccc2)CC1. The van der Waals surface area contributed by atoms with Gasteiger partial charge in [-0.2, -0.15) is 0 Å². The zero-order valence-corrected chi connectivity index (χ0v) is 13.7. The minimum atomic E-state index is 0.0333. The molecule has 1 aromatic rings. The minimum Gasteiger partial charge on any atom is -0.347 e. The molecule has 3 rings (SSSR count). The molecule has 0 aromatic heterocycles. The zero-order chi connectivity index (χ0) is 16.2. The lowest BCUT2D eigenvalue weighted by atomic mass is 10.2. The van der Waals surface area contributed by atoms with Crippen molar-refractivity contribution in [3.05, 3.63) is 35.9 Å². The van der Waals surface area contributed by atoms with Crippen LogP contribution in [-0.2, 0) is 16.1 Å². The topological polar surface area (TPSA) is 52.7 Å². The van der Waals surface area contributed by atoms with E-state index in [1.54, 1.807) is 0 Å². The Morgan fingerprint density at radius 1 is 1.13 bits per heavy atom. The molecular weight excluding hydrogens is 290 g/mol. The number of hydrogen-bond acceptors (Lipinski definition) is 3. The fourth-order valence-electron chi connectivity index (χ4n) is 3.09. The zero-order valence-electron chi connectivity index (χ0n) is 13.7. The van der Waals surface area contributed by atoms with E-state index >= 15 is 0 Å². The van der Waals surface area contributed by atoms with Gasteiger partial charge in [-0.15, -0.1) is 0 Å². The van der Waals surface area contributed by atoms with Gasteiger partial charge in [-0.3, -0.25) is 14.5 Å². The summed E-state index contributed by atoms with van der Waals surface area (Å²) in [6, 6.07) is 10.4. The van der Waals surface area contributed by atoms with Crippen molar-refractivity contribution in [3.63, 3.8) is 0 Å². The summed E-state index contributed by atoms with van der Waals surface area (Å²) in [4.78, 5) is 28.2. The number of piperazine rings is 1. The summed E-state index contributed by atoms with van der Waals surface area (Å²) in [5.41, 5.74) is 1.30. The fraction of sp³-hybridized carbons (Fsp3) is 0.556. The molecule has 0 radical (unpaired) electrons. The molecule has 0 spiro atoms. The molecule has 1 saturated carbocycles. The number of nitrogens with one attached hydrogen (secondary N) is 1. The molecule has 1 aliphatic heterocycles. The van der Waals surface area contributed by atoms with Gasteiger partial charge < -0.3 is 10.2 Å². The van der Waals surface area contributed by atoms with Crippen molar-refractivity contribution in [2.45, 2.75) is 19.9 Å². The summed E-state index contributed by atoms with van der Waals surface area (Å²) in [7, 11) is 0. The normalized spacial score (nSPS) is 24.3. The molecule has 23 heavy (non-hydrogen) atoms. The van der Waals surface area contributed by atoms with Crippen LogP contribution in [0.25, 0.3) is 0 Å². The second kappa shape index (κ2) is 7.13. The molecule has 2 unspecified atom stereocenters. The number of carbonyl (C=O) groups excluding carboxylic acids is 2. The van der Waals surface area contributed by atoms with E-state index in [0.29, 0.717) is 5.92 Å². The molecular formula is C18H25N3O2. The van der Waals surface area contributed by atoms with Crippen LogP contribution in [0.3, 0.4) is 0 Å². The van der Waals surface area contributed by atoms with Gasteiger partial charge in [-0.05, 0) is 17.9 Å². The number of nitrogens with zero attached hydrogens (tertiary/aromatic N) is 2. The van der Waals surface area contributed by atoms with Crippen molar-refractivity contribution in [1.82, 2.24) is 15.1 Å². The molecule has 5 nitrogen and oxygen atoms in total. The summed E-state index contributed by atoms with van der Waals surface area (Å²) >= 11 is 0. The Morgan fingerprint density at radius 3 is 2.39 bits per heavy atom. The lowest BCUT2D eigenvalue weighted by molar-refractivity contribution is -0.134. The molecule has 2 fully saturated rings. The molecule has 5 heteroatoms. The third-order valence-electron chi connectivity index (χ3n) is 4.83. The summed E-state index contributed by atoms with van der Waals surface area (Å²) in [6.07, 6.45) is 0.957. The Balaban J connectivity index is 1.38. The summed E-state index contributed by atoms with van der Waals surface area (Å²) in [5, 5.41) is 2.78. The predicted octanol–water partition coefficient (Wildman–Crippen LogP) is 1.10. The largest absolute Gasteiger partial charge is 0.347 e. The van der Waals surface area contributed by atoms with Gasteiger partial charge in [0.1, 0.15) is 0 Å². The highest BCUT2D eigenvalue weighted by atomic mass is 16.2. The third kappa shape index (κ3) is 4.32. The van der Waals surface area contributed by atoms with Crippen molar-refractivity contribution in [2.75, 3.05) is 32.7 Å². The molecule has 2 amide bonds. The number of carbonyl (C=O) groups is 2. The molecule has 1 N–H and O–H groups in total. The highest BCUT2D eigenvalue weighted by molar-refractivity contribution is 5.87. The number of benzene rings is 1. The first-order valence-electron chi connectivity index (χ1n) is 8.45. The number of amides is 2. The molecule has 0 bridgehead atoms. The minimum absolute atomic E-state index is 0.0333. The van der Waals surface area contributed by atoms with Gasteiger partial charge in [0.15, 0.2) is 0 Å². The molecule has 1 aromatic carbocycles. The van der Waals surface area contributed by atoms with E-state index in [-0.39, 0.29) is 24.3 Å². The highest BCUT2D eigenvalue weighted by Crippen LogP contribution is 2.37. The van der Waals surface area contributed by atoms with Crippen molar-refractivity contribution in [3.8, 4) is 0 Å². The van der Waals surface area contributed by atoms with Crippen molar-refractivity contribution in [1.29, 1.82) is 0 Å². The van der Waals surface area contributed by atoms with Crippen LogP contribution < -0.4 is 5.32 Å². The maximum absolute atomic E-state index is 12.2. The van der Waals surface area contributed by atoms with Gasteiger partial charge >= 0.3 is 0 Å². The van der Waals surface area contributed by atoms with Gasteiger partial charge in [0.05, 0.1) is 6.54 Å². The van der Waals surface area contributed by atoms with Crippen molar-refractivity contribution >= 4 is 11.8 Å². The van der Waals surface area contributed by atoms with Crippen molar-refractivity contribution in [2.24, 2.45) is 11.8 Å². The second-order valence-corrected chi connectivity index (χ2v) is 6.68. The average molecular weight is 315 g/mol. The molecule has 1 aliphatic carbocycles. The van der Waals surface area contributed by atoms with E-state index in [1.807, 2.05) is 11.0 Å². The van der Waals surface area contributed by atoms with E-state index < -0.39 is 0 Å². The lowest BCUT2D eigenvalue weighted by Crippen LogP contribution is -2.51. The number of rotatable bonds is 5.